The quantitative estimate of drug-likeness (QED) is 0.657. The molecule has 2 aromatic heterocycles. The molecular formula is C17H18N8O. The fraction of sp³-hybridized carbons (Fsp3) is 0.353. The van der Waals surface area contributed by atoms with Crippen LogP contribution in [-0.2, 0) is 13.1 Å². The first-order chi connectivity index (χ1) is 12.8. The summed E-state index contributed by atoms with van der Waals surface area (Å²) in [5.41, 5.74) is 2.43. The molecule has 0 saturated carbocycles. The van der Waals surface area contributed by atoms with E-state index in [2.05, 4.69) is 49.3 Å². The first-order valence-corrected chi connectivity index (χ1v) is 8.63. The predicted molar refractivity (Wildman–Crippen MR) is 92.7 cm³/mol. The van der Waals surface area contributed by atoms with E-state index >= 15 is 0 Å². The number of hydrogen-bond acceptors (Lipinski definition) is 7. The van der Waals surface area contributed by atoms with Gasteiger partial charge in [-0.15, -0.1) is 10.2 Å². The highest BCUT2D eigenvalue weighted by molar-refractivity contribution is 5.92. The van der Waals surface area contributed by atoms with E-state index in [9.17, 15) is 4.79 Å². The number of rotatable bonds is 1. The van der Waals surface area contributed by atoms with Gasteiger partial charge in [-0.3, -0.25) is 4.79 Å². The molecule has 132 valence electrons. The van der Waals surface area contributed by atoms with Crippen molar-refractivity contribution < 1.29 is 4.79 Å². The zero-order chi connectivity index (χ0) is 17.8. The van der Waals surface area contributed by atoms with Gasteiger partial charge in [0.2, 0.25) is 11.6 Å². The molecule has 0 aliphatic carbocycles. The second-order valence-electron chi connectivity index (χ2n) is 6.16. The summed E-state index contributed by atoms with van der Waals surface area (Å²) in [5.74, 6) is 1.37. The highest BCUT2D eigenvalue weighted by atomic mass is 16.1. The first-order valence-electron chi connectivity index (χ1n) is 8.63. The Hall–Kier alpha value is -3.23. The third-order valence-corrected chi connectivity index (χ3v) is 4.33. The van der Waals surface area contributed by atoms with Crippen LogP contribution in [0.3, 0.4) is 0 Å². The van der Waals surface area contributed by atoms with Gasteiger partial charge < -0.3 is 0 Å². The molecule has 3 aromatic rings. The number of carbonyl (C=O) groups is 1. The van der Waals surface area contributed by atoms with Crippen molar-refractivity contribution >= 4 is 17.4 Å². The molecule has 0 spiro atoms. The maximum Gasteiger partial charge on any atom is 0.218 e. The van der Waals surface area contributed by atoms with Crippen LogP contribution in [0, 0.1) is 0 Å². The molecule has 0 N–H and O–H groups in total. The van der Waals surface area contributed by atoms with E-state index in [0.29, 0.717) is 12.2 Å². The molecule has 0 bridgehead atoms. The minimum absolute atomic E-state index is 0.0521. The number of nitrogens with zero attached hydrogens (tertiary/aromatic N) is 8. The van der Waals surface area contributed by atoms with Gasteiger partial charge in [-0.25, -0.2) is 9.36 Å². The number of ketones is 1. The van der Waals surface area contributed by atoms with Gasteiger partial charge in [-0.2, -0.15) is 0 Å². The summed E-state index contributed by atoms with van der Waals surface area (Å²) in [6.07, 6.45) is 5.77. The molecule has 0 amide bonds. The summed E-state index contributed by atoms with van der Waals surface area (Å²) in [5, 5.41) is 22.4. The van der Waals surface area contributed by atoms with Crippen LogP contribution in [0.4, 0.5) is 0 Å². The number of fused-ring (bicyclic) bond motifs is 2. The molecule has 4 heterocycles. The summed E-state index contributed by atoms with van der Waals surface area (Å²) in [6.45, 7) is 1.70. The van der Waals surface area contributed by atoms with Crippen molar-refractivity contribution in [2.75, 3.05) is 0 Å². The molecule has 0 saturated heterocycles. The highest BCUT2D eigenvalue weighted by Crippen LogP contribution is 2.25. The fourth-order valence-corrected chi connectivity index (χ4v) is 3.06. The maximum absolute atomic E-state index is 11.0. The summed E-state index contributed by atoms with van der Waals surface area (Å²) in [7, 11) is 0. The van der Waals surface area contributed by atoms with Gasteiger partial charge in [0.1, 0.15) is 0 Å². The highest BCUT2D eigenvalue weighted by Gasteiger charge is 2.19. The van der Waals surface area contributed by atoms with Gasteiger partial charge in [-0.05, 0) is 57.3 Å². The number of allylic oxidation sites excluding steroid dienone is 1. The van der Waals surface area contributed by atoms with E-state index in [1.165, 1.54) is 11.1 Å². The van der Waals surface area contributed by atoms with E-state index in [-0.39, 0.29) is 5.78 Å². The van der Waals surface area contributed by atoms with Crippen molar-refractivity contribution in [2.45, 2.75) is 38.8 Å². The molecule has 9 heteroatoms. The summed E-state index contributed by atoms with van der Waals surface area (Å²) < 4.78 is 3.42. The molecule has 0 atom stereocenters. The zero-order valence-corrected chi connectivity index (χ0v) is 14.2. The Morgan fingerprint density at radius 3 is 2.23 bits per heavy atom. The Morgan fingerprint density at radius 2 is 1.50 bits per heavy atom. The van der Waals surface area contributed by atoms with Crippen molar-refractivity contribution in [3.8, 4) is 0 Å². The average Bonchev–Trinajstić information content (AvgIpc) is 3.33. The summed E-state index contributed by atoms with van der Waals surface area (Å²) >= 11 is 0. The van der Waals surface area contributed by atoms with Crippen LogP contribution in [0.15, 0.2) is 30.3 Å². The number of carbonyl (C=O) groups excluding carboxylic acids is 1. The van der Waals surface area contributed by atoms with Gasteiger partial charge in [0.05, 0.1) is 0 Å². The lowest BCUT2D eigenvalue weighted by Gasteiger charge is -2.13. The number of hydrogen-bond donors (Lipinski definition) is 0. The third kappa shape index (κ3) is 3.41. The van der Waals surface area contributed by atoms with Crippen LogP contribution in [0.1, 0.15) is 47.7 Å². The lowest BCUT2D eigenvalue weighted by atomic mass is 10.0. The van der Waals surface area contributed by atoms with Crippen molar-refractivity contribution in [2.24, 2.45) is 0 Å². The summed E-state index contributed by atoms with van der Waals surface area (Å²) in [6, 6.07) is 10.3. The molecule has 5 rings (SSSR count). The fourth-order valence-electron chi connectivity index (χ4n) is 3.06. The number of Topliss-reactive ketones (excluding diaryl/α,β-unsaturated/α-hetero) is 1. The van der Waals surface area contributed by atoms with Crippen LogP contribution < -0.4 is 0 Å². The van der Waals surface area contributed by atoms with Crippen LogP contribution in [-0.4, -0.2) is 46.2 Å². The average molecular weight is 350 g/mol. The van der Waals surface area contributed by atoms with Gasteiger partial charge in [-0.1, -0.05) is 30.3 Å². The normalized spacial score (nSPS) is 17.2. The molecule has 0 unspecified atom stereocenters. The molecule has 0 fully saturated rings. The van der Waals surface area contributed by atoms with Crippen LogP contribution in [0.2, 0.25) is 0 Å². The smallest absolute Gasteiger partial charge is 0.218 e. The molecule has 1 aromatic carbocycles. The Morgan fingerprint density at radius 1 is 0.846 bits per heavy atom. The van der Waals surface area contributed by atoms with Crippen LogP contribution >= 0.6 is 0 Å². The number of benzene rings is 1. The number of aromatic nitrogens is 8. The topological polar surface area (TPSA) is 104 Å². The van der Waals surface area contributed by atoms with E-state index in [4.69, 9.17) is 0 Å². The van der Waals surface area contributed by atoms with Crippen LogP contribution in [0.5, 0.6) is 0 Å². The minimum atomic E-state index is 0.0521. The molecule has 26 heavy (non-hydrogen) atoms. The van der Waals surface area contributed by atoms with E-state index in [1.807, 2.05) is 22.9 Å². The second-order valence-corrected chi connectivity index (χ2v) is 6.16. The molecular weight excluding hydrogens is 332 g/mol. The lowest BCUT2D eigenvalue weighted by molar-refractivity contribution is 0.0946. The molecule has 2 aliphatic rings. The molecule has 2 aliphatic heterocycles. The Labute approximate surface area is 149 Å². The van der Waals surface area contributed by atoms with Gasteiger partial charge in [0.15, 0.2) is 5.82 Å². The SMILES string of the molecule is C(=C1CCCn2nnnc21)c1ccccc1.O=C1CCCn2nnnc21. The number of aryl methyl sites for hydroxylation is 2. The Balaban J connectivity index is 0.000000144. The van der Waals surface area contributed by atoms with Gasteiger partial charge in [0, 0.05) is 19.5 Å². The zero-order valence-electron chi connectivity index (χ0n) is 14.2. The Kier molecular flexibility index (Phi) is 4.59. The van der Waals surface area contributed by atoms with E-state index in [1.54, 1.807) is 4.68 Å². The van der Waals surface area contributed by atoms with E-state index in [0.717, 1.165) is 38.2 Å². The van der Waals surface area contributed by atoms with Crippen molar-refractivity contribution in [1.29, 1.82) is 0 Å². The number of tetrazole rings is 2. The maximum atomic E-state index is 11.0. The van der Waals surface area contributed by atoms with Gasteiger partial charge >= 0.3 is 0 Å². The summed E-state index contributed by atoms with van der Waals surface area (Å²) in [4.78, 5) is 11.0. The predicted octanol–water partition coefficient (Wildman–Crippen LogP) is 1.66. The van der Waals surface area contributed by atoms with Crippen LogP contribution in [0.25, 0.3) is 11.6 Å². The standard InChI is InChI=1S/C12H12N4.C5H6N4O/c1-2-5-10(6-3-1)9-11-7-4-8-16-12(11)13-14-15-16;10-4-2-1-3-9-5(4)6-7-8-9/h1-3,5-6,9H,4,7-8H2;1-3H2. The largest absolute Gasteiger partial charge is 0.291 e. The first kappa shape index (κ1) is 16.2. The van der Waals surface area contributed by atoms with Crippen molar-refractivity contribution in [1.82, 2.24) is 40.4 Å². The minimum Gasteiger partial charge on any atom is -0.291 e. The molecule has 9 nitrogen and oxygen atoms in total. The van der Waals surface area contributed by atoms with Crippen molar-refractivity contribution in [3.63, 3.8) is 0 Å². The Bertz CT molecular complexity index is 927. The van der Waals surface area contributed by atoms with Crippen molar-refractivity contribution in [3.05, 3.63) is 47.5 Å². The van der Waals surface area contributed by atoms with Gasteiger partial charge in [0.25, 0.3) is 0 Å². The third-order valence-electron chi connectivity index (χ3n) is 4.33. The molecule has 0 radical (unpaired) electrons. The second kappa shape index (κ2) is 7.34. The monoisotopic (exact) mass is 350 g/mol. The lowest BCUT2D eigenvalue weighted by Crippen LogP contribution is -2.17. The van der Waals surface area contributed by atoms with E-state index < -0.39 is 0 Å².